The van der Waals surface area contributed by atoms with Crippen LogP contribution in [0.4, 0.5) is 10.1 Å². The summed E-state index contributed by atoms with van der Waals surface area (Å²) in [6.45, 7) is 0.862. The summed E-state index contributed by atoms with van der Waals surface area (Å²) in [6, 6.07) is 3.32. The van der Waals surface area contributed by atoms with Gasteiger partial charge in [0, 0.05) is 19.3 Å². The zero-order chi connectivity index (χ0) is 13.3. The van der Waals surface area contributed by atoms with Gasteiger partial charge in [-0.2, -0.15) is 4.31 Å². The Hall–Kier alpha value is -1.18. The van der Waals surface area contributed by atoms with Crippen molar-refractivity contribution in [1.29, 1.82) is 0 Å². The smallest absolute Gasteiger partial charge is 0.246 e. The summed E-state index contributed by atoms with van der Waals surface area (Å²) in [5.41, 5.74) is 5.59. The second-order valence-electron chi connectivity index (χ2n) is 4.23. The molecule has 0 radical (unpaired) electrons. The Morgan fingerprint density at radius 3 is 2.78 bits per heavy atom. The highest BCUT2D eigenvalue weighted by Gasteiger charge is 2.32. The van der Waals surface area contributed by atoms with Crippen molar-refractivity contribution in [3.05, 3.63) is 24.0 Å². The largest absolute Gasteiger partial charge is 0.399 e. The lowest BCUT2D eigenvalue weighted by atomic mass is 10.3. The van der Waals surface area contributed by atoms with Gasteiger partial charge in [0.05, 0.1) is 12.6 Å². The van der Waals surface area contributed by atoms with E-state index in [1.54, 1.807) is 0 Å². The molecule has 0 bridgehead atoms. The Bertz CT molecular complexity index is 541. The maximum Gasteiger partial charge on any atom is 0.246 e. The molecule has 7 heteroatoms. The number of hydrogen-bond acceptors (Lipinski definition) is 4. The lowest BCUT2D eigenvalue weighted by Crippen LogP contribution is -2.37. The minimum atomic E-state index is -3.85. The first-order valence-electron chi connectivity index (χ1n) is 5.53. The first-order valence-corrected chi connectivity index (χ1v) is 6.98. The number of benzene rings is 1. The number of likely N-dealkylation sites (N-methyl/N-ethyl adjacent to an activating group) is 1. The third-order valence-corrected chi connectivity index (χ3v) is 4.98. The van der Waals surface area contributed by atoms with Crippen molar-refractivity contribution in [1.82, 2.24) is 4.31 Å². The van der Waals surface area contributed by atoms with E-state index in [9.17, 15) is 12.8 Å². The summed E-state index contributed by atoms with van der Waals surface area (Å²) < 4.78 is 44.5. The quantitative estimate of drug-likeness (QED) is 0.828. The fourth-order valence-corrected chi connectivity index (χ4v) is 3.30. The standard InChI is InChI=1S/C11H15FN2O3S/c1-14(9-4-5-17-7-9)18(15,16)11-3-2-8(13)6-10(11)12/h2-3,6,9H,4-5,7,13H2,1H3. The number of nitrogens with zero attached hydrogens (tertiary/aromatic N) is 1. The van der Waals surface area contributed by atoms with Gasteiger partial charge in [-0.1, -0.05) is 0 Å². The van der Waals surface area contributed by atoms with Gasteiger partial charge in [0.1, 0.15) is 10.7 Å². The average Bonchev–Trinajstić information content (AvgIpc) is 2.80. The van der Waals surface area contributed by atoms with Crippen LogP contribution in [0.5, 0.6) is 0 Å². The maximum absolute atomic E-state index is 13.7. The van der Waals surface area contributed by atoms with Crippen LogP contribution in [0.1, 0.15) is 6.42 Å². The Balaban J connectivity index is 2.35. The SMILES string of the molecule is CN(C1CCOC1)S(=O)(=O)c1ccc(N)cc1F. The molecule has 1 aromatic rings. The summed E-state index contributed by atoms with van der Waals surface area (Å²) in [4.78, 5) is -0.355. The number of nitrogen functional groups attached to an aromatic ring is 1. The van der Waals surface area contributed by atoms with Gasteiger partial charge >= 0.3 is 0 Å². The van der Waals surface area contributed by atoms with Crippen LogP contribution in [0.3, 0.4) is 0 Å². The monoisotopic (exact) mass is 274 g/mol. The Morgan fingerprint density at radius 2 is 2.22 bits per heavy atom. The van der Waals surface area contributed by atoms with Crippen molar-refractivity contribution < 1.29 is 17.5 Å². The van der Waals surface area contributed by atoms with Crippen molar-refractivity contribution in [2.75, 3.05) is 26.0 Å². The predicted octanol–water partition coefficient (Wildman–Crippen LogP) is 0.817. The first kappa shape index (κ1) is 13.3. The predicted molar refractivity (Wildman–Crippen MR) is 65.0 cm³/mol. The van der Waals surface area contributed by atoms with Crippen molar-refractivity contribution in [3.8, 4) is 0 Å². The summed E-state index contributed by atoms with van der Waals surface area (Å²) >= 11 is 0. The van der Waals surface area contributed by atoms with Crippen LogP contribution in [-0.2, 0) is 14.8 Å². The van der Waals surface area contributed by atoms with E-state index >= 15 is 0 Å². The molecule has 0 aromatic heterocycles. The Morgan fingerprint density at radius 1 is 1.50 bits per heavy atom. The van der Waals surface area contributed by atoms with Crippen molar-refractivity contribution in [2.24, 2.45) is 0 Å². The normalized spacial score (nSPS) is 20.5. The molecule has 1 fully saturated rings. The fraction of sp³-hybridized carbons (Fsp3) is 0.455. The number of sulfonamides is 1. The van der Waals surface area contributed by atoms with Crippen LogP contribution in [0, 0.1) is 5.82 Å². The van der Waals surface area contributed by atoms with Crippen molar-refractivity contribution in [2.45, 2.75) is 17.4 Å². The molecule has 1 aromatic carbocycles. The van der Waals surface area contributed by atoms with Gasteiger partial charge in [0.15, 0.2) is 0 Å². The van der Waals surface area contributed by atoms with Crippen LogP contribution in [0.15, 0.2) is 23.1 Å². The molecule has 2 rings (SSSR count). The van der Waals surface area contributed by atoms with Gasteiger partial charge in [0.2, 0.25) is 10.0 Å². The van der Waals surface area contributed by atoms with Gasteiger partial charge in [-0.05, 0) is 24.6 Å². The molecule has 2 N–H and O–H groups in total. The van der Waals surface area contributed by atoms with Gasteiger partial charge in [-0.25, -0.2) is 12.8 Å². The highest BCUT2D eigenvalue weighted by Crippen LogP contribution is 2.24. The number of halogens is 1. The Kier molecular flexibility index (Phi) is 3.56. The molecule has 1 heterocycles. The second-order valence-corrected chi connectivity index (χ2v) is 6.19. The molecule has 1 aliphatic heterocycles. The average molecular weight is 274 g/mol. The lowest BCUT2D eigenvalue weighted by Gasteiger charge is -2.22. The molecular weight excluding hydrogens is 259 g/mol. The highest BCUT2D eigenvalue weighted by molar-refractivity contribution is 7.89. The van der Waals surface area contributed by atoms with Crippen LogP contribution in [0.25, 0.3) is 0 Å². The minimum absolute atomic E-state index is 0.193. The zero-order valence-electron chi connectivity index (χ0n) is 9.97. The third-order valence-electron chi connectivity index (χ3n) is 3.03. The Labute approximate surface area is 105 Å². The molecule has 5 nitrogen and oxygen atoms in total. The van der Waals surface area contributed by atoms with E-state index in [2.05, 4.69) is 0 Å². The molecule has 0 spiro atoms. The van der Waals surface area contributed by atoms with Gasteiger partial charge in [-0.3, -0.25) is 0 Å². The third kappa shape index (κ3) is 2.33. The molecule has 100 valence electrons. The molecular formula is C11H15FN2O3S. The molecule has 1 atom stereocenters. The van der Waals surface area contributed by atoms with Crippen LogP contribution in [-0.4, -0.2) is 39.0 Å². The molecule has 0 amide bonds. The number of rotatable bonds is 3. The maximum atomic E-state index is 13.7. The van der Waals surface area contributed by atoms with Crippen molar-refractivity contribution in [3.63, 3.8) is 0 Å². The topological polar surface area (TPSA) is 72.6 Å². The molecule has 0 aliphatic carbocycles. The van der Waals surface area contributed by atoms with E-state index in [-0.39, 0.29) is 16.6 Å². The van der Waals surface area contributed by atoms with Gasteiger partial charge < -0.3 is 10.5 Å². The van der Waals surface area contributed by atoms with E-state index in [1.165, 1.54) is 19.2 Å². The molecule has 1 unspecified atom stereocenters. The van der Waals surface area contributed by atoms with Crippen LogP contribution < -0.4 is 5.73 Å². The van der Waals surface area contributed by atoms with Crippen molar-refractivity contribution >= 4 is 15.7 Å². The van der Waals surface area contributed by atoms with E-state index in [0.717, 1.165) is 10.4 Å². The fourth-order valence-electron chi connectivity index (χ4n) is 1.89. The van der Waals surface area contributed by atoms with Crippen LogP contribution in [0.2, 0.25) is 0 Å². The van der Waals surface area contributed by atoms with E-state index < -0.39 is 15.8 Å². The van der Waals surface area contributed by atoms with E-state index in [1.807, 2.05) is 0 Å². The summed E-state index contributed by atoms with van der Waals surface area (Å²) in [5, 5.41) is 0. The summed E-state index contributed by atoms with van der Waals surface area (Å²) in [5.74, 6) is -0.833. The number of anilines is 1. The van der Waals surface area contributed by atoms with E-state index in [4.69, 9.17) is 10.5 Å². The molecule has 18 heavy (non-hydrogen) atoms. The zero-order valence-corrected chi connectivity index (χ0v) is 10.8. The molecule has 0 saturated carbocycles. The molecule has 1 aliphatic rings. The minimum Gasteiger partial charge on any atom is -0.399 e. The molecule has 1 saturated heterocycles. The summed E-state index contributed by atoms with van der Waals surface area (Å²) in [7, 11) is -2.41. The number of nitrogens with two attached hydrogens (primary N) is 1. The highest BCUT2D eigenvalue weighted by atomic mass is 32.2. The lowest BCUT2D eigenvalue weighted by molar-refractivity contribution is 0.180. The number of ether oxygens (including phenoxy) is 1. The second kappa shape index (κ2) is 4.83. The van der Waals surface area contributed by atoms with Gasteiger partial charge in [0.25, 0.3) is 0 Å². The van der Waals surface area contributed by atoms with Gasteiger partial charge in [-0.15, -0.1) is 0 Å². The summed E-state index contributed by atoms with van der Waals surface area (Å²) in [6.07, 6.45) is 0.617. The van der Waals surface area contributed by atoms with E-state index in [0.29, 0.717) is 19.6 Å². The van der Waals surface area contributed by atoms with Crippen LogP contribution >= 0.6 is 0 Å². The first-order chi connectivity index (χ1) is 8.43. The number of hydrogen-bond donors (Lipinski definition) is 1.